The third kappa shape index (κ3) is 6.08. The fraction of sp³-hybridized carbons (Fsp3) is 0.917. The van der Waals surface area contributed by atoms with Crippen LogP contribution in [0.5, 0.6) is 0 Å². The lowest BCUT2D eigenvalue weighted by atomic mass is 10.0. The van der Waals surface area contributed by atoms with Crippen LogP contribution in [0.1, 0.15) is 27.7 Å². The highest BCUT2D eigenvalue weighted by molar-refractivity contribution is 5.85. The van der Waals surface area contributed by atoms with Crippen LogP contribution in [0.3, 0.4) is 0 Å². The summed E-state index contributed by atoms with van der Waals surface area (Å²) >= 11 is 0. The van der Waals surface area contributed by atoms with Crippen molar-refractivity contribution in [3.8, 4) is 0 Å². The maximum absolute atomic E-state index is 12.1. The zero-order valence-corrected chi connectivity index (χ0v) is 11.6. The molecule has 0 unspecified atom stereocenters. The maximum atomic E-state index is 12.1. The third-order valence-electron chi connectivity index (χ3n) is 2.24. The monoisotopic (exact) mass is 229 g/mol. The van der Waals surface area contributed by atoms with Crippen molar-refractivity contribution in [2.45, 2.75) is 33.2 Å². The van der Waals surface area contributed by atoms with Gasteiger partial charge in [-0.2, -0.15) is 0 Å². The second-order valence-electron chi connectivity index (χ2n) is 5.67. The molecule has 0 spiro atoms. The van der Waals surface area contributed by atoms with Crippen LogP contribution in [0.4, 0.5) is 0 Å². The molecule has 0 saturated heterocycles. The number of hydrogen-bond donors (Lipinski definition) is 1. The smallest absolute Gasteiger partial charge is 0.242 e. The maximum Gasteiger partial charge on any atom is 0.242 e. The lowest BCUT2D eigenvalue weighted by molar-refractivity contribution is -0.136. The Bertz CT molecular complexity index is 219. The molecule has 0 aromatic rings. The van der Waals surface area contributed by atoms with Gasteiger partial charge in [-0.1, -0.05) is 13.8 Å². The average molecular weight is 229 g/mol. The molecule has 4 nitrogen and oxygen atoms in total. The van der Waals surface area contributed by atoms with Crippen LogP contribution < -0.4 is 5.73 Å². The lowest BCUT2D eigenvalue weighted by Gasteiger charge is -2.31. The summed E-state index contributed by atoms with van der Waals surface area (Å²) in [5.41, 5.74) is 5.08. The summed E-state index contributed by atoms with van der Waals surface area (Å²) in [7, 11) is 4.01. The summed E-state index contributed by atoms with van der Waals surface area (Å²) in [6.45, 7) is 10.1. The minimum Gasteiger partial charge on any atom is -0.340 e. The second kappa shape index (κ2) is 6.21. The zero-order chi connectivity index (χ0) is 12.9. The Balaban J connectivity index is 4.48. The molecule has 0 heterocycles. The van der Waals surface area contributed by atoms with Gasteiger partial charge in [0, 0.05) is 19.6 Å². The molecule has 0 bridgehead atoms. The first-order valence-corrected chi connectivity index (χ1v) is 5.87. The normalized spacial score (nSPS) is 12.3. The van der Waals surface area contributed by atoms with Gasteiger partial charge < -0.3 is 15.5 Å². The highest BCUT2D eigenvalue weighted by Gasteiger charge is 2.27. The molecular formula is C12H27N3O. The van der Waals surface area contributed by atoms with Crippen molar-refractivity contribution in [3.05, 3.63) is 0 Å². The van der Waals surface area contributed by atoms with Crippen molar-refractivity contribution in [2.24, 2.45) is 11.7 Å². The molecular weight excluding hydrogens is 202 g/mol. The molecule has 2 N–H and O–H groups in total. The summed E-state index contributed by atoms with van der Waals surface area (Å²) < 4.78 is 0. The van der Waals surface area contributed by atoms with E-state index in [1.165, 1.54) is 0 Å². The van der Waals surface area contributed by atoms with Crippen LogP contribution in [-0.2, 0) is 4.79 Å². The van der Waals surface area contributed by atoms with Crippen molar-refractivity contribution in [2.75, 3.05) is 33.7 Å². The van der Waals surface area contributed by atoms with Gasteiger partial charge in [0.25, 0.3) is 0 Å². The highest BCUT2D eigenvalue weighted by atomic mass is 16.2. The Hall–Kier alpha value is -0.610. The van der Waals surface area contributed by atoms with Gasteiger partial charge in [0.05, 0.1) is 5.54 Å². The van der Waals surface area contributed by atoms with Gasteiger partial charge in [-0.3, -0.25) is 4.79 Å². The number of rotatable bonds is 6. The summed E-state index contributed by atoms with van der Waals surface area (Å²) in [4.78, 5) is 16.0. The van der Waals surface area contributed by atoms with E-state index >= 15 is 0 Å². The summed E-state index contributed by atoms with van der Waals surface area (Å²) in [6, 6.07) is 0. The van der Waals surface area contributed by atoms with Gasteiger partial charge in [0.1, 0.15) is 0 Å². The fourth-order valence-electron chi connectivity index (χ4n) is 1.44. The predicted molar refractivity (Wildman–Crippen MR) is 68.2 cm³/mol. The van der Waals surface area contributed by atoms with Crippen molar-refractivity contribution in [1.82, 2.24) is 9.80 Å². The Labute approximate surface area is 99.8 Å². The van der Waals surface area contributed by atoms with Crippen LogP contribution in [-0.4, -0.2) is 55.0 Å². The van der Waals surface area contributed by atoms with Crippen LogP contribution in [0.25, 0.3) is 0 Å². The molecule has 1 amide bonds. The van der Waals surface area contributed by atoms with Gasteiger partial charge in [0.15, 0.2) is 0 Å². The van der Waals surface area contributed by atoms with Crippen molar-refractivity contribution >= 4 is 5.91 Å². The molecule has 0 aliphatic rings. The fourth-order valence-corrected chi connectivity index (χ4v) is 1.44. The number of carbonyl (C=O) groups excluding carboxylic acids is 1. The molecule has 0 saturated carbocycles. The molecule has 4 heteroatoms. The Morgan fingerprint density at radius 2 is 1.75 bits per heavy atom. The van der Waals surface area contributed by atoms with Gasteiger partial charge in [0.2, 0.25) is 5.91 Å². The summed E-state index contributed by atoms with van der Waals surface area (Å²) in [6.07, 6.45) is 0. The van der Waals surface area contributed by atoms with Crippen LogP contribution in [0.15, 0.2) is 0 Å². The Morgan fingerprint density at radius 1 is 1.25 bits per heavy atom. The van der Waals surface area contributed by atoms with E-state index in [1.54, 1.807) is 13.8 Å². The molecule has 0 aliphatic heterocycles. The number of nitrogens with two attached hydrogens (primary N) is 1. The van der Waals surface area contributed by atoms with E-state index in [-0.39, 0.29) is 5.91 Å². The van der Waals surface area contributed by atoms with Gasteiger partial charge in [-0.05, 0) is 33.9 Å². The van der Waals surface area contributed by atoms with Crippen molar-refractivity contribution in [3.63, 3.8) is 0 Å². The van der Waals surface area contributed by atoms with Crippen LogP contribution in [0.2, 0.25) is 0 Å². The first-order valence-electron chi connectivity index (χ1n) is 5.87. The molecule has 0 radical (unpaired) electrons. The minimum atomic E-state index is -0.777. The SMILES string of the molecule is CC(C)CN(CCN(C)C)C(=O)C(C)(C)N. The first kappa shape index (κ1) is 15.4. The largest absolute Gasteiger partial charge is 0.340 e. The van der Waals surface area contributed by atoms with E-state index in [9.17, 15) is 4.79 Å². The number of carbonyl (C=O) groups is 1. The van der Waals surface area contributed by atoms with E-state index in [0.29, 0.717) is 5.92 Å². The number of hydrogen-bond acceptors (Lipinski definition) is 3. The van der Waals surface area contributed by atoms with Gasteiger partial charge >= 0.3 is 0 Å². The quantitative estimate of drug-likeness (QED) is 0.732. The number of nitrogens with zero attached hydrogens (tertiary/aromatic N) is 2. The molecule has 0 aromatic carbocycles. The van der Waals surface area contributed by atoms with Gasteiger partial charge in [-0.25, -0.2) is 0 Å². The highest BCUT2D eigenvalue weighted by Crippen LogP contribution is 2.07. The van der Waals surface area contributed by atoms with Crippen molar-refractivity contribution < 1.29 is 4.79 Å². The lowest BCUT2D eigenvalue weighted by Crippen LogP contribution is -2.53. The van der Waals surface area contributed by atoms with Crippen molar-refractivity contribution in [1.29, 1.82) is 0 Å². The van der Waals surface area contributed by atoms with E-state index in [0.717, 1.165) is 19.6 Å². The standard InChI is InChI=1S/C12H27N3O/c1-10(2)9-15(8-7-14(5)6)11(16)12(3,4)13/h10H,7-9,13H2,1-6H3. The zero-order valence-electron chi connectivity index (χ0n) is 11.6. The van der Waals surface area contributed by atoms with Crippen LogP contribution in [0, 0.1) is 5.92 Å². The number of likely N-dealkylation sites (N-methyl/N-ethyl adjacent to an activating group) is 1. The minimum absolute atomic E-state index is 0.0306. The topological polar surface area (TPSA) is 49.6 Å². The molecule has 0 atom stereocenters. The second-order valence-corrected chi connectivity index (χ2v) is 5.67. The molecule has 0 aliphatic carbocycles. The summed E-state index contributed by atoms with van der Waals surface area (Å²) in [5.74, 6) is 0.497. The average Bonchev–Trinajstić information content (AvgIpc) is 2.08. The number of amides is 1. The van der Waals surface area contributed by atoms with E-state index in [1.807, 2.05) is 19.0 Å². The Morgan fingerprint density at radius 3 is 2.06 bits per heavy atom. The van der Waals surface area contributed by atoms with E-state index in [4.69, 9.17) is 5.73 Å². The summed E-state index contributed by atoms with van der Waals surface area (Å²) in [5, 5.41) is 0. The van der Waals surface area contributed by atoms with E-state index in [2.05, 4.69) is 18.7 Å². The molecule has 16 heavy (non-hydrogen) atoms. The molecule has 96 valence electrons. The Kier molecular flexibility index (Phi) is 5.97. The van der Waals surface area contributed by atoms with E-state index < -0.39 is 5.54 Å². The molecule has 0 rings (SSSR count). The van der Waals surface area contributed by atoms with Gasteiger partial charge in [-0.15, -0.1) is 0 Å². The molecule has 0 aromatic heterocycles. The first-order chi connectivity index (χ1) is 7.14. The third-order valence-corrected chi connectivity index (χ3v) is 2.24. The molecule has 0 fully saturated rings. The predicted octanol–water partition coefficient (Wildman–Crippen LogP) is 0.770. The van der Waals surface area contributed by atoms with Crippen LogP contribution >= 0.6 is 0 Å².